The van der Waals surface area contributed by atoms with Gasteiger partial charge < -0.3 is 21.5 Å². The Bertz CT molecular complexity index is 544. The molecule has 0 aliphatic heterocycles. The maximum atomic E-state index is 11.7. The molecule has 0 bridgehead atoms. The first-order chi connectivity index (χ1) is 8.97. The van der Waals surface area contributed by atoms with Crippen molar-refractivity contribution in [2.75, 3.05) is 10.6 Å². The molecule has 0 aromatic heterocycles. The van der Waals surface area contributed by atoms with Crippen LogP contribution in [0.5, 0.6) is 0 Å². The topological polar surface area (TPSA) is 122 Å². The molecular weight excluding hydrogens is 250 g/mol. The number of carboxylic acid groups (broad SMARTS) is 1. The fraction of sp³-hybridized carbons (Fsp3) is 0.250. The van der Waals surface area contributed by atoms with E-state index in [1.807, 2.05) is 0 Å². The number of carbonyl (C=O) groups excluding carboxylic acids is 2. The Hall–Kier alpha value is -2.57. The smallest absolute Gasteiger partial charge is 0.316 e. The highest BCUT2D eigenvalue weighted by atomic mass is 16.4. The van der Waals surface area contributed by atoms with Crippen molar-refractivity contribution in [3.63, 3.8) is 0 Å². The maximum Gasteiger partial charge on any atom is 0.316 e. The Morgan fingerprint density at radius 2 is 1.79 bits per heavy atom. The number of primary amides is 1. The van der Waals surface area contributed by atoms with Gasteiger partial charge in [-0.05, 0) is 24.6 Å². The third-order valence-electron chi connectivity index (χ3n) is 2.84. The Morgan fingerprint density at radius 1 is 1.16 bits per heavy atom. The van der Waals surface area contributed by atoms with Crippen molar-refractivity contribution in [3.05, 3.63) is 24.3 Å². The minimum atomic E-state index is -0.954. The molecule has 2 atom stereocenters. The molecule has 0 heterocycles. The molecule has 2 rings (SSSR count). The van der Waals surface area contributed by atoms with Crippen LogP contribution < -0.4 is 16.4 Å². The molecule has 7 heteroatoms. The van der Waals surface area contributed by atoms with E-state index in [1.165, 1.54) is 0 Å². The number of rotatable bonds is 4. The van der Waals surface area contributed by atoms with E-state index in [-0.39, 0.29) is 5.91 Å². The van der Waals surface area contributed by atoms with Crippen molar-refractivity contribution in [1.82, 2.24) is 0 Å². The summed E-state index contributed by atoms with van der Waals surface area (Å²) in [5, 5.41) is 13.7. The lowest BCUT2D eigenvalue weighted by molar-refractivity contribution is -0.139. The SMILES string of the molecule is NC(=O)Nc1cccc(NC(=O)[C@@H]2C[C@@H]2C(=O)O)c1. The van der Waals surface area contributed by atoms with Crippen LogP contribution in [0, 0.1) is 11.8 Å². The third kappa shape index (κ3) is 3.21. The van der Waals surface area contributed by atoms with Crippen molar-refractivity contribution in [2.24, 2.45) is 17.6 Å². The summed E-state index contributed by atoms with van der Waals surface area (Å²) in [6.07, 6.45) is 0.362. The zero-order valence-corrected chi connectivity index (χ0v) is 9.92. The molecule has 1 saturated carbocycles. The van der Waals surface area contributed by atoms with Gasteiger partial charge >= 0.3 is 12.0 Å². The van der Waals surface area contributed by atoms with Gasteiger partial charge in [-0.25, -0.2) is 4.79 Å². The number of carboxylic acids is 1. The third-order valence-corrected chi connectivity index (χ3v) is 2.84. The second-order valence-corrected chi connectivity index (χ2v) is 4.35. The number of urea groups is 1. The second kappa shape index (κ2) is 4.97. The lowest BCUT2D eigenvalue weighted by Gasteiger charge is -2.07. The predicted molar refractivity (Wildman–Crippen MR) is 67.5 cm³/mol. The molecule has 3 amide bonds. The van der Waals surface area contributed by atoms with E-state index in [0.717, 1.165) is 0 Å². The van der Waals surface area contributed by atoms with Crippen LogP contribution in [0.15, 0.2) is 24.3 Å². The number of amides is 3. The van der Waals surface area contributed by atoms with Crippen LogP contribution in [0.25, 0.3) is 0 Å². The van der Waals surface area contributed by atoms with Crippen LogP contribution in [0.3, 0.4) is 0 Å². The van der Waals surface area contributed by atoms with Gasteiger partial charge in [0.25, 0.3) is 0 Å². The number of nitrogens with two attached hydrogens (primary N) is 1. The van der Waals surface area contributed by atoms with Gasteiger partial charge in [-0.1, -0.05) is 6.07 Å². The average molecular weight is 263 g/mol. The molecule has 1 aliphatic rings. The summed E-state index contributed by atoms with van der Waals surface area (Å²) < 4.78 is 0. The first kappa shape index (κ1) is 12.9. The Balaban J connectivity index is 1.98. The summed E-state index contributed by atoms with van der Waals surface area (Å²) in [4.78, 5) is 33.1. The van der Waals surface area contributed by atoms with Gasteiger partial charge in [0.2, 0.25) is 5.91 Å². The summed E-state index contributed by atoms with van der Waals surface area (Å²) >= 11 is 0. The van der Waals surface area contributed by atoms with E-state index < -0.39 is 23.8 Å². The zero-order valence-electron chi connectivity index (χ0n) is 9.92. The fourth-order valence-electron chi connectivity index (χ4n) is 1.81. The highest BCUT2D eigenvalue weighted by Crippen LogP contribution is 2.39. The standard InChI is InChI=1S/C12H13N3O4/c13-12(19)15-7-3-1-2-6(4-7)14-10(16)8-5-9(8)11(17)18/h1-4,8-9H,5H2,(H,14,16)(H,17,18)(H3,13,15,19)/t8-,9+/m1/s1. The first-order valence-electron chi connectivity index (χ1n) is 5.67. The van der Waals surface area contributed by atoms with E-state index in [2.05, 4.69) is 10.6 Å². The number of anilines is 2. The van der Waals surface area contributed by atoms with Gasteiger partial charge in [0.15, 0.2) is 0 Å². The minimum absolute atomic E-state index is 0.330. The van der Waals surface area contributed by atoms with E-state index in [1.54, 1.807) is 24.3 Å². The number of nitrogens with one attached hydrogen (secondary N) is 2. The molecule has 100 valence electrons. The van der Waals surface area contributed by atoms with Crippen LogP contribution >= 0.6 is 0 Å². The van der Waals surface area contributed by atoms with Gasteiger partial charge in [0.05, 0.1) is 11.8 Å². The molecule has 5 N–H and O–H groups in total. The molecular formula is C12H13N3O4. The summed E-state index contributed by atoms with van der Waals surface area (Å²) in [6, 6.07) is 5.75. The first-order valence-corrected chi connectivity index (χ1v) is 5.67. The molecule has 0 radical (unpaired) electrons. The van der Waals surface area contributed by atoms with Gasteiger partial charge in [-0.3, -0.25) is 9.59 Å². The number of hydrogen-bond donors (Lipinski definition) is 4. The van der Waals surface area contributed by atoms with Crippen molar-refractivity contribution in [1.29, 1.82) is 0 Å². The number of hydrogen-bond acceptors (Lipinski definition) is 3. The number of aliphatic carboxylic acids is 1. The lowest BCUT2D eigenvalue weighted by Crippen LogP contribution is -2.20. The molecule has 1 aromatic rings. The van der Waals surface area contributed by atoms with E-state index in [4.69, 9.17) is 10.8 Å². The van der Waals surface area contributed by atoms with Gasteiger partial charge in [-0.15, -0.1) is 0 Å². The number of benzene rings is 1. The van der Waals surface area contributed by atoms with E-state index >= 15 is 0 Å². The van der Waals surface area contributed by atoms with Gasteiger partial charge in [-0.2, -0.15) is 0 Å². The van der Waals surface area contributed by atoms with Crippen molar-refractivity contribution in [2.45, 2.75) is 6.42 Å². The molecule has 1 fully saturated rings. The quantitative estimate of drug-likeness (QED) is 0.642. The maximum absolute atomic E-state index is 11.7. The molecule has 1 aromatic carbocycles. The average Bonchev–Trinajstić information content (AvgIpc) is 3.08. The minimum Gasteiger partial charge on any atom is -0.481 e. The molecule has 19 heavy (non-hydrogen) atoms. The lowest BCUT2D eigenvalue weighted by atomic mass is 10.2. The normalized spacial score (nSPS) is 20.4. The molecule has 7 nitrogen and oxygen atoms in total. The van der Waals surface area contributed by atoms with Gasteiger partial charge in [0.1, 0.15) is 0 Å². The largest absolute Gasteiger partial charge is 0.481 e. The highest BCUT2D eigenvalue weighted by Gasteiger charge is 2.48. The van der Waals surface area contributed by atoms with Crippen molar-refractivity contribution >= 4 is 29.3 Å². The Labute approximate surface area is 108 Å². The van der Waals surface area contributed by atoms with Crippen LogP contribution in [0.4, 0.5) is 16.2 Å². The van der Waals surface area contributed by atoms with Crippen LogP contribution in [-0.4, -0.2) is 23.0 Å². The highest BCUT2D eigenvalue weighted by molar-refractivity contribution is 5.98. The van der Waals surface area contributed by atoms with E-state index in [0.29, 0.717) is 17.8 Å². The van der Waals surface area contributed by atoms with Crippen molar-refractivity contribution in [3.8, 4) is 0 Å². The van der Waals surface area contributed by atoms with Gasteiger partial charge in [0, 0.05) is 11.4 Å². The van der Waals surface area contributed by atoms with E-state index in [9.17, 15) is 14.4 Å². The van der Waals surface area contributed by atoms with Crippen LogP contribution in [0.2, 0.25) is 0 Å². The Morgan fingerprint density at radius 3 is 2.32 bits per heavy atom. The molecule has 0 unspecified atom stereocenters. The second-order valence-electron chi connectivity index (χ2n) is 4.35. The van der Waals surface area contributed by atoms with Crippen molar-refractivity contribution < 1.29 is 19.5 Å². The number of carbonyl (C=O) groups is 3. The summed E-state index contributed by atoms with van der Waals surface area (Å²) in [6.45, 7) is 0. The molecule has 1 aliphatic carbocycles. The van der Waals surface area contributed by atoms with Crippen LogP contribution in [-0.2, 0) is 9.59 Å². The zero-order chi connectivity index (χ0) is 14.0. The summed E-state index contributed by atoms with van der Waals surface area (Å²) in [7, 11) is 0. The monoisotopic (exact) mass is 263 g/mol. The Kier molecular flexibility index (Phi) is 3.37. The summed E-state index contributed by atoms with van der Waals surface area (Å²) in [5.74, 6) is -2.36. The van der Waals surface area contributed by atoms with Crippen LogP contribution in [0.1, 0.15) is 6.42 Å². The summed E-state index contributed by atoms with van der Waals surface area (Å²) in [5.41, 5.74) is 5.92. The predicted octanol–water partition coefficient (Wildman–Crippen LogP) is 0.836. The fourth-order valence-corrected chi connectivity index (χ4v) is 1.81. The molecule has 0 spiro atoms. The molecule has 0 saturated heterocycles.